The minimum atomic E-state index is -0.495. The number of anilines is 1. The lowest BCUT2D eigenvalue weighted by Gasteiger charge is -2.33. The predicted octanol–water partition coefficient (Wildman–Crippen LogP) is 2.89. The zero-order valence-corrected chi connectivity index (χ0v) is 13.6. The average molecular weight is 328 g/mol. The molecule has 1 atom stereocenters. The molecule has 25 heavy (non-hydrogen) atoms. The van der Waals surface area contributed by atoms with E-state index < -0.39 is 5.41 Å². The highest BCUT2D eigenvalue weighted by Crippen LogP contribution is 2.41. The zero-order chi connectivity index (χ0) is 17.4. The molecule has 1 N–H and O–H groups in total. The molecule has 1 fully saturated rings. The van der Waals surface area contributed by atoms with Gasteiger partial charge >= 0.3 is 0 Å². The van der Waals surface area contributed by atoms with Crippen LogP contribution in [0.1, 0.15) is 17.5 Å². The van der Waals surface area contributed by atoms with Crippen molar-refractivity contribution >= 4 is 11.6 Å². The third-order valence-electron chi connectivity index (χ3n) is 5.19. The summed E-state index contributed by atoms with van der Waals surface area (Å²) in [6.45, 7) is 1.12. The lowest BCUT2D eigenvalue weighted by molar-refractivity contribution is -0.125. The van der Waals surface area contributed by atoms with Gasteiger partial charge in [0.05, 0.1) is 17.0 Å². The Morgan fingerprint density at radius 1 is 1.12 bits per heavy atom. The largest absolute Gasteiger partial charge is 0.325 e. The smallest absolute Gasteiger partial charge is 0.232 e. The van der Waals surface area contributed by atoms with Crippen LogP contribution in [0, 0.1) is 28.2 Å². The Balaban J connectivity index is 1.67. The van der Waals surface area contributed by atoms with Gasteiger partial charge in [0.1, 0.15) is 0 Å². The second-order valence-corrected chi connectivity index (χ2v) is 6.75. The second-order valence-electron chi connectivity index (χ2n) is 6.75. The summed E-state index contributed by atoms with van der Waals surface area (Å²) in [6, 6.07) is 15.6. The molecule has 0 aliphatic carbocycles. The number of nitrogens with zero attached hydrogens (tertiary/aromatic N) is 3. The van der Waals surface area contributed by atoms with E-state index in [-0.39, 0.29) is 5.91 Å². The fourth-order valence-corrected chi connectivity index (χ4v) is 3.78. The molecule has 2 aliphatic rings. The highest BCUT2D eigenvalue weighted by atomic mass is 16.2. The molecular weight excluding hydrogens is 312 g/mol. The minimum absolute atomic E-state index is 0.000626. The Hall–Kier alpha value is -3.31. The summed E-state index contributed by atoms with van der Waals surface area (Å²) in [5.74, 6) is 0.000626. The van der Waals surface area contributed by atoms with Crippen LogP contribution in [0.5, 0.6) is 0 Å². The zero-order valence-electron chi connectivity index (χ0n) is 13.6. The van der Waals surface area contributed by atoms with E-state index in [0.29, 0.717) is 31.5 Å². The van der Waals surface area contributed by atoms with Gasteiger partial charge < -0.3 is 10.2 Å². The standard InChI is InChI=1S/C20H16N4O/c21-11-14-2-1-3-15(8-14)16-4-5-17-10-20(6-7-24(12-20)13-22)19(25)23-18(17)9-16/h1-5,8-9H,6-7,10,12H2,(H,23,25). The fraction of sp³-hybridized carbons (Fsp3) is 0.250. The van der Waals surface area contributed by atoms with Gasteiger partial charge in [0.2, 0.25) is 5.91 Å². The molecule has 1 unspecified atom stereocenters. The first-order valence-corrected chi connectivity index (χ1v) is 8.23. The van der Waals surface area contributed by atoms with Gasteiger partial charge in [0.15, 0.2) is 6.19 Å². The van der Waals surface area contributed by atoms with Crippen LogP contribution in [-0.4, -0.2) is 23.9 Å². The molecule has 2 aliphatic heterocycles. The van der Waals surface area contributed by atoms with E-state index in [4.69, 9.17) is 10.5 Å². The van der Waals surface area contributed by atoms with E-state index >= 15 is 0 Å². The van der Waals surface area contributed by atoms with Gasteiger partial charge in [-0.25, -0.2) is 0 Å². The van der Waals surface area contributed by atoms with Gasteiger partial charge in [-0.05, 0) is 47.7 Å². The monoisotopic (exact) mass is 328 g/mol. The van der Waals surface area contributed by atoms with E-state index in [1.54, 1.807) is 11.0 Å². The van der Waals surface area contributed by atoms with E-state index in [1.807, 2.05) is 36.4 Å². The number of fused-ring (bicyclic) bond motifs is 1. The highest BCUT2D eigenvalue weighted by molar-refractivity contribution is 5.99. The van der Waals surface area contributed by atoms with Crippen molar-refractivity contribution in [3.05, 3.63) is 53.6 Å². The van der Waals surface area contributed by atoms with Crippen molar-refractivity contribution in [1.82, 2.24) is 4.90 Å². The second kappa shape index (κ2) is 5.65. The Kier molecular flexibility index (Phi) is 3.44. The highest BCUT2D eigenvalue weighted by Gasteiger charge is 2.47. The number of carbonyl (C=O) groups excluding carboxylic acids is 1. The number of amides is 1. The molecule has 2 aromatic carbocycles. The number of rotatable bonds is 1. The molecule has 2 heterocycles. The van der Waals surface area contributed by atoms with Gasteiger partial charge in [-0.3, -0.25) is 4.79 Å². The maximum absolute atomic E-state index is 12.7. The fourth-order valence-electron chi connectivity index (χ4n) is 3.78. The molecule has 2 aromatic rings. The molecule has 0 saturated carbocycles. The Bertz CT molecular complexity index is 953. The van der Waals surface area contributed by atoms with Crippen molar-refractivity contribution in [2.24, 2.45) is 5.41 Å². The molecule has 1 amide bonds. The van der Waals surface area contributed by atoms with Gasteiger partial charge in [-0.2, -0.15) is 10.5 Å². The predicted molar refractivity (Wildman–Crippen MR) is 93.2 cm³/mol. The number of hydrogen-bond acceptors (Lipinski definition) is 4. The summed E-state index contributed by atoms with van der Waals surface area (Å²) in [4.78, 5) is 14.4. The van der Waals surface area contributed by atoms with Crippen LogP contribution in [0.25, 0.3) is 11.1 Å². The van der Waals surface area contributed by atoms with E-state index in [1.165, 1.54) is 0 Å². The Morgan fingerprint density at radius 2 is 1.96 bits per heavy atom. The maximum Gasteiger partial charge on any atom is 0.232 e. The summed E-state index contributed by atoms with van der Waals surface area (Å²) in [5, 5.41) is 21.2. The van der Waals surface area contributed by atoms with Crippen molar-refractivity contribution in [2.75, 3.05) is 18.4 Å². The molecule has 0 radical (unpaired) electrons. The average Bonchev–Trinajstić information content (AvgIpc) is 3.06. The van der Waals surface area contributed by atoms with Crippen molar-refractivity contribution in [2.45, 2.75) is 12.8 Å². The number of likely N-dealkylation sites (tertiary alicyclic amines) is 1. The third-order valence-corrected chi connectivity index (χ3v) is 5.19. The molecule has 0 aromatic heterocycles. The number of nitrogens with one attached hydrogen (secondary N) is 1. The van der Waals surface area contributed by atoms with Crippen LogP contribution >= 0.6 is 0 Å². The first-order valence-electron chi connectivity index (χ1n) is 8.23. The molecular formula is C20H16N4O. The van der Waals surface area contributed by atoms with Crippen molar-refractivity contribution in [3.8, 4) is 23.4 Å². The summed E-state index contributed by atoms with van der Waals surface area (Å²) in [6.07, 6.45) is 3.51. The SMILES string of the molecule is N#Cc1cccc(-c2ccc3c(c2)NC(=O)C2(CCN(C#N)C2)C3)c1. The van der Waals surface area contributed by atoms with Crippen molar-refractivity contribution in [1.29, 1.82) is 10.5 Å². The molecule has 4 rings (SSSR count). The lowest BCUT2D eigenvalue weighted by Crippen LogP contribution is -2.43. The van der Waals surface area contributed by atoms with E-state index in [9.17, 15) is 4.79 Å². The van der Waals surface area contributed by atoms with Gasteiger partial charge in [0, 0.05) is 18.8 Å². The molecule has 1 saturated heterocycles. The maximum atomic E-state index is 12.7. The third kappa shape index (κ3) is 2.51. The van der Waals surface area contributed by atoms with Crippen molar-refractivity contribution < 1.29 is 4.79 Å². The van der Waals surface area contributed by atoms with Crippen LogP contribution in [0.15, 0.2) is 42.5 Å². The molecule has 1 spiro atoms. The summed E-state index contributed by atoms with van der Waals surface area (Å²) < 4.78 is 0. The molecule has 0 bridgehead atoms. The topological polar surface area (TPSA) is 79.9 Å². The van der Waals surface area contributed by atoms with Crippen LogP contribution in [0.3, 0.4) is 0 Å². The first-order chi connectivity index (χ1) is 12.1. The quantitative estimate of drug-likeness (QED) is 0.816. The van der Waals surface area contributed by atoms with Crippen LogP contribution in [0.2, 0.25) is 0 Å². The number of carbonyl (C=O) groups is 1. The normalized spacial score (nSPS) is 21.4. The first kappa shape index (κ1) is 15.2. The van der Waals surface area contributed by atoms with E-state index in [0.717, 1.165) is 22.4 Å². The van der Waals surface area contributed by atoms with Gasteiger partial charge in [0.25, 0.3) is 0 Å². The van der Waals surface area contributed by atoms with Gasteiger partial charge in [-0.15, -0.1) is 0 Å². The van der Waals surface area contributed by atoms with Gasteiger partial charge in [-0.1, -0.05) is 24.3 Å². The van der Waals surface area contributed by atoms with Crippen LogP contribution < -0.4 is 5.32 Å². The minimum Gasteiger partial charge on any atom is -0.325 e. The number of hydrogen-bond donors (Lipinski definition) is 1. The summed E-state index contributed by atoms with van der Waals surface area (Å²) in [5.41, 5.74) is 3.96. The Labute approximate surface area is 146 Å². The van der Waals surface area contributed by atoms with E-state index in [2.05, 4.69) is 17.6 Å². The summed E-state index contributed by atoms with van der Waals surface area (Å²) >= 11 is 0. The lowest BCUT2D eigenvalue weighted by atomic mass is 9.76. The van der Waals surface area contributed by atoms with Crippen molar-refractivity contribution in [3.63, 3.8) is 0 Å². The van der Waals surface area contributed by atoms with Crippen LogP contribution in [0.4, 0.5) is 5.69 Å². The van der Waals surface area contributed by atoms with Crippen LogP contribution in [-0.2, 0) is 11.2 Å². The molecule has 5 heteroatoms. The molecule has 5 nitrogen and oxygen atoms in total. The summed E-state index contributed by atoms with van der Waals surface area (Å²) in [7, 11) is 0. The Morgan fingerprint density at radius 3 is 2.72 bits per heavy atom. The molecule has 122 valence electrons. The number of nitriles is 2. The number of benzene rings is 2.